The van der Waals surface area contributed by atoms with Crippen LogP contribution in [0.2, 0.25) is 0 Å². The second kappa shape index (κ2) is 11.0. The van der Waals surface area contributed by atoms with Crippen molar-refractivity contribution in [1.82, 2.24) is 20.2 Å². The lowest BCUT2D eigenvalue weighted by Crippen LogP contribution is -2.13. The maximum Gasteiger partial charge on any atom is 0.167 e. The maximum absolute atomic E-state index is 12.5. The highest BCUT2D eigenvalue weighted by molar-refractivity contribution is 5.99. The van der Waals surface area contributed by atoms with E-state index in [4.69, 9.17) is 14.2 Å². The normalized spacial score (nSPS) is 11.3. The van der Waals surface area contributed by atoms with Gasteiger partial charge in [-0.1, -0.05) is 20.8 Å². The molecule has 0 aliphatic heterocycles. The van der Waals surface area contributed by atoms with Crippen LogP contribution < -0.4 is 14.2 Å². The quantitative estimate of drug-likeness (QED) is 0.323. The molecule has 2 aromatic carbocycles. The van der Waals surface area contributed by atoms with Crippen molar-refractivity contribution in [3.05, 3.63) is 47.8 Å². The first-order valence-electron chi connectivity index (χ1n) is 11.2. The van der Waals surface area contributed by atoms with Crippen molar-refractivity contribution in [3.8, 4) is 28.7 Å². The molecule has 0 amide bonds. The molecule has 182 valence electrons. The lowest BCUT2D eigenvalue weighted by Gasteiger charge is -2.18. The van der Waals surface area contributed by atoms with E-state index < -0.39 is 0 Å². The van der Waals surface area contributed by atoms with Crippen molar-refractivity contribution in [1.29, 1.82) is 0 Å². The number of aromatic hydroxyl groups is 1. The number of carbonyl (C=O) groups excluding carboxylic acids is 1. The number of phenolic OH excluding ortho intramolecular Hbond substituents is 1. The predicted octanol–water partition coefficient (Wildman–Crippen LogP) is 4.54. The van der Waals surface area contributed by atoms with Crippen molar-refractivity contribution in [3.63, 3.8) is 0 Å². The fourth-order valence-electron chi connectivity index (χ4n) is 3.41. The molecule has 3 aromatic rings. The molecule has 0 atom stereocenters. The zero-order valence-corrected chi connectivity index (χ0v) is 20.4. The van der Waals surface area contributed by atoms with Gasteiger partial charge >= 0.3 is 0 Å². The first-order chi connectivity index (χ1) is 16.2. The number of hydrogen-bond acceptors (Lipinski definition) is 8. The summed E-state index contributed by atoms with van der Waals surface area (Å²) in [5.74, 6) is 1.72. The lowest BCUT2D eigenvalue weighted by atomic mass is 9.87. The highest BCUT2D eigenvalue weighted by Crippen LogP contribution is 2.33. The Morgan fingerprint density at radius 2 is 1.71 bits per heavy atom. The van der Waals surface area contributed by atoms with Crippen molar-refractivity contribution in [2.75, 3.05) is 20.3 Å². The van der Waals surface area contributed by atoms with Gasteiger partial charge in [0.05, 0.1) is 31.6 Å². The first kappa shape index (κ1) is 25.0. The summed E-state index contributed by atoms with van der Waals surface area (Å²) in [5.41, 5.74) is 1.53. The molecule has 1 heterocycles. The van der Waals surface area contributed by atoms with Crippen molar-refractivity contribution in [2.45, 2.75) is 47.0 Å². The number of rotatable bonds is 11. The van der Waals surface area contributed by atoms with Crippen LogP contribution in [0.4, 0.5) is 0 Å². The minimum absolute atomic E-state index is 0.00959. The smallest absolute Gasteiger partial charge is 0.167 e. The zero-order chi connectivity index (χ0) is 24.7. The number of aromatic nitrogens is 4. The van der Waals surface area contributed by atoms with E-state index >= 15 is 0 Å². The number of tetrazole rings is 1. The van der Waals surface area contributed by atoms with Crippen LogP contribution >= 0.6 is 0 Å². The van der Waals surface area contributed by atoms with E-state index in [9.17, 15) is 9.90 Å². The van der Waals surface area contributed by atoms with Gasteiger partial charge in [0.2, 0.25) is 0 Å². The summed E-state index contributed by atoms with van der Waals surface area (Å²) in [7, 11) is 1.59. The summed E-state index contributed by atoms with van der Waals surface area (Å²) < 4.78 is 18.7. The van der Waals surface area contributed by atoms with Crippen molar-refractivity contribution in [2.24, 2.45) is 5.41 Å². The molecular weight excluding hydrogens is 436 g/mol. The number of hydrogen-bond donors (Lipinski definition) is 1. The van der Waals surface area contributed by atoms with Gasteiger partial charge in [-0.05, 0) is 59.9 Å². The van der Waals surface area contributed by atoms with Gasteiger partial charge in [0, 0.05) is 18.1 Å². The Hall–Kier alpha value is -3.62. The molecule has 0 aliphatic rings. The lowest BCUT2D eigenvalue weighted by molar-refractivity contribution is 0.0937. The number of phenols is 1. The van der Waals surface area contributed by atoms with Crippen molar-refractivity contribution >= 4 is 5.78 Å². The number of nitrogens with zero attached hydrogens (tertiary/aromatic N) is 4. The molecule has 0 aliphatic carbocycles. The van der Waals surface area contributed by atoms with Gasteiger partial charge in [-0.25, -0.2) is 4.68 Å². The van der Waals surface area contributed by atoms with Crippen LogP contribution in [-0.2, 0) is 0 Å². The maximum atomic E-state index is 12.5. The second-order valence-electron chi connectivity index (χ2n) is 9.24. The highest BCUT2D eigenvalue weighted by atomic mass is 16.5. The number of ether oxygens (including phenoxy) is 3. The molecule has 0 spiro atoms. The zero-order valence-electron chi connectivity index (χ0n) is 20.4. The van der Waals surface area contributed by atoms with E-state index in [1.165, 1.54) is 6.33 Å². The Morgan fingerprint density at radius 3 is 2.32 bits per heavy atom. The van der Waals surface area contributed by atoms with Crippen LogP contribution in [0.3, 0.4) is 0 Å². The average molecular weight is 469 g/mol. The van der Waals surface area contributed by atoms with E-state index in [1.54, 1.807) is 36.9 Å². The molecule has 9 nitrogen and oxygen atoms in total. The highest BCUT2D eigenvalue weighted by Gasteiger charge is 2.21. The summed E-state index contributed by atoms with van der Waals surface area (Å²) >= 11 is 0. The third-order valence-electron chi connectivity index (χ3n) is 5.19. The number of unbranched alkanes of at least 4 members (excludes halogenated alkanes) is 1. The Labute approximate surface area is 199 Å². The molecular formula is C25H32N4O5. The summed E-state index contributed by atoms with van der Waals surface area (Å²) in [4.78, 5) is 12.5. The Bertz CT molecular complexity index is 1110. The topological polar surface area (TPSA) is 109 Å². The summed E-state index contributed by atoms with van der Waals surface area (Å²) in [6.45, 7) is 8.68. The summed E-state index contributed by atoms with van der Waals surface area (Å²) in [6.07, 6.45) is 3.38. The van der Waals surface area contributed by atoms with Crippen LogP contribution in [0, 0.1) is 12.3 Å². The van der Waals surface area contributed by atoms with Gasteiger partial charge in [-0.15, -0.1) is 5.10 Å². The number of ketones is 1. The van der Waals surface area contributed by atoms with E-state index in [0.717, 1.165) is 18.5 Å². The van der Waals surface area contributed by atoms with Crippen LogP contribution in [0.25, 0.3) is 5.69 Å². The predicted molar refractivity (Wildman–Crippen MR) is 127 cm³/mol. The number of benzene rings is 2. The van der Waals surface area contributed by atoms with Crippen LogP contribution in [0.5, 0.6) is 23.0 Å². The Morgan fingerprint density at radius 1 is 1.03 bits per heavy atom. The molecule has 9 heteroatoms. The molecule has 1 aromatic heterocycles. The third kappa shape index (κ3) is 6.46. The minimum Gasteiger partial charge on any atom is -0.507 e. The molecule has 0 saturated carbocycles. The Kier molecular flexibility index (Phi) is 8.09. The van der Waals surface area contributed by atoms with Crippen LogP contribution in [0.1, 0.15) is 56.0 Å². The molecule has 1 N–H and O–H groups in total. The number of methoxy groups -OCH3 is 1. The van der Waals surface area contributed by atoms with E-state index in [0.29, 0.717) is 48.0 Å². The van der Waals surface area contributed by atoms with Gasteiger partial charge in [-0.3, -0.25) is 4.79 Å². The number of Topliss-reactive ketones (excluding diaryl/α,β-unsaturated/α-hetero) is 1. The third-order valence-corrected chi connectivity index (χ3v) is 5.19. The van der Waals surface area contributed by atoms with Gasteiger partial charge in [0.15, 0.2) is 17.3 Å². The fourth-order valence-corrected chi connectivity index (χ4v) is 3.41. The van der Waals surface area contributed by atoms with E-state index in [-0.39, 0.29) is 16.9 Å². The summed E-state index contributed by atoms with van der Waals surface area (Å²) in [6, 6.07) is 8.85. The van der Waals surface area contributed by atoms with Gasteiger partial charge in [-0.2, -0.15) is 0 Å². The van der Waals surface area contributed by atoms with Crippen LogP contribution in [0.15, 0.2) is 36.7 Å². The summed E-state index contributed by atoms with van der Waals surface area (Å²) in [5, 5.41) is 21.7. The molecule has 0 fully saturated rings. The standard InChI is InChI=1S/C25H32N4O5/c1-17-21(11-9-19(24(17)31)20(30)15-25(2,3)4)33-12-6-7-13-34-23-14-18(8-10-22(23)32-5)29-16-26-27-28-29/h8-11,14,16,31H,6-7,12-13,15H2,1-5H3. The van der Waals surface area contributed by atoms with Crippen LogP contribution in [-0.4, -0.2) is 51.4 Å². The molecule has 3 rings (SSSR count). The monoisotopic (exact) mass is 468 g/mol. The second-order valence-corrected chi connectivity index (χ2v) is 9.24. The first-order valence-corrected chi connectivity index (χ1v) is 11.2. The molecule has 34 heavy (non-hydrogen) atoms. The van der Waals surface area contributed by atoms with Gasteiger partial charge in [0.1, 0.15) is 17.8 Å². The minimum atomic E-state index is -0.145. The largest absolute Gasteiger partial charge is 0.507 e. The van der Waals surface area contributed by atoms with Gasteiger partial charge < -0.3 is 19.3 Å². The van der Waals surface area contributed by atoms with Crippen molar-refractivity contribution < 1.29 is 24.1 Å². The number of carbonyl (C=O) groups is 1. The fraction of sp³-hybridized carbons (Fsp3) is 0.440. The Balaban J connectivity index is 1.50. The molecule has 0 unspecified atom stereocenters. The average Bonchev–Trinajstić information content (AvgIpc) is 3.32. The van der Waals surface area contributed by atoms with E-state index in [2.05, 4.69) is 15.5 Å². The molecule has 0 bridgehead atoms. The SMILES string of the molecule is COc1ccc(-n2cnnn2)cc1OCCCCOc1ccc(C(=O)CC(C)(C)C)c(O)c1C. The van der Waals surface area contributed by atoms with Gasteiger partial charge in [0.25, 0.3) is 0 Å². The van der Waals surface area contributed by atoms with E-state index in [1.807, 2.05) is 32.9 Å². The molecule has 0 saturated heterocycles. The molecule has 0 radical (unpaired) electrons.